The van der Waals surface area contributed by atoms with E-state index in [0.717, 1.165) is 26.3 Å². The molecule has 0 aromatic heterocycles. The zero-order chi connectivity index (χ0) is 16.3. The highest BCUT2D eigenvalue weighted by molar-refractivity contribution is 9.11. The Morgan fingerprint density at radius 3 is 2.45 bits per heavy atom. The largest absolute Gasteiger partial charge is 0.487 e. The molecule has 0 saturated carbocycles. The number of carbonyl (C=O) groups excluding carboxylic acids is 2. The van der Waals surface area contributed by atoms with Gasteiger partial charge in [-0.15, -0.1) is 0 Å². The molecule has 2 rings (SSSR count). The van der Waals surface area contributed by atoms with E-state index in [1.54, 1.807) is 19.1 Å². The van der Waals surface area contributed by atoms with E-state index in [2.05, 4.69) is 38.4 Å². The molecule has 7 heteroatoms. The summed E-state index contributed by atoms with van der Waals surface area (Å²) < 4.78 is 7.06. The monoisotopic (exact) mass is 445 g/mol. The quantitative estimate of drug-likeness (QED) is 0.479. The van der Waals surface area contributed by atoms with Crippen molar-refractivity contribution in [1.82, 2.24) is 4.90 Å². The van der Waals surface area contributed by atoms with E-state index in [-0.39, 0.29) is 11.1 Å². The van der Waals surface area contributed by atoms with Crippen LogP contribution in [-0.2, 0) is 4.79 Å². The molecule has 0 radical (unpaired) electrons. The summed E-state index contributed by atoms with van der Waals surface area (Å²) in [6.07, 6.45) is 3.36. The molecule has 0 aliphatic carbocycles. The number of halogens is 2. The highest BCUT2D eigenvalue weighted by Crippen LogP contribution is 2.37. The van der Waals surface area contributed by atoms with Crippen LogP contribution in [0.15, 0.2) is 38.6 Å². The van der Waals surface area contributed by atoms with Gasteiger partial charge in [0.1, 0.15) is 12.4 Å². The predicted molar refractivity (Wildman–Crippen MR) is 95.9 cm³/mol. The Morgan fingerprint density at radius 2 is 1.95 bits per heavy atom. The van der Waals surface area contributed by atoms with Crippen LogP contribution < -0.4 is 4.74 Å². The number of hydrogen-bond acceptors (Lipinski definition) is 4. The molecule has 0 spiro atoms. The van der Waals surface area contributed by atoms with Crippen LogP contribution in [0.25, 0.3) is 6.08 Å². The van der Waals surface area contributed by atoms with Crippen LogP contribution in [-0.4, -0.2) is 29.2 Å². The molecular weight excluding hydrogens is 434 g/mol. The van der Waals surface area contributed by atoms with Gasteiger partial charge in [0.2, 0.25) is 0 Å². The van der Waals surface area contributed by atoms with Crippen molar-refractivity contribution in [3.05, 3.63) is 44.2 Å². The molecule has 0 atom stereocenters. The van der Waals surface area contributed by atoms with E-state index in [1.807, 2.05) is 12.1 Å². The molecule has 1 saturated heterocycles. The number of nitrogens with zero attached hydrogens (tertiary/aromatic N) is 1. The van der Waals surface area contributed by atoms with Gasteiger partial charge in [-0.05, 0) is 74.3 Å². The summed E-state index contributed by atoms with van der Waals surface area (Å²) in [6, 6.07) is 3.67. The maximum atomic E-state index is 12.1. The Labute approximate surface area is 149 Å². The first-order valence-electron chi connectivity index (χ1n) is 6.46. The average Bonchev–Trinajstić information content (AvgIpc) is 2.72. The van der Waals surface area contributed by atoms with E-state index >= 15 is 0 Å². The van der Waals surface area contributed by atoms with Gasteiger partial charge in [-0.3, -0.25) is 14.5 Å². The van der Waals surface area contributed by atoms with Gasteiger partial charge in [0.25, 0.3) is 11.1 Å². The molecular formula is C15H13Br2NO3S. The molecule has 4 nitrogen and oxygen atoms in total. The van der Waals surface area contributed by atoms with E-state index in [4.69, 9.17) is 4.74 Å². The Morgan fingerprint density at radius 1 is 1.32 bits per heavy atom. The van der Waals surface area contributed by atoms with Crippen LogP contribution >= 0.6 is 43.6 Å². The number of amides is 2. The summed E-state index contributed by atoms with van der Waals surface area (Å²) >= 11 is 7.84. The third-order valence-electron chi connectivity index (χ3n) is 2.85. The first-order valence-corrected chi connectivity index (χ1v) is 8.86. The van der Waals surface area contributed by atoms with Crippen molar-refractivity contribution in [2.45, 2.75) is 6.92 Å². The number of thioether (sulfide) groups is 1. The summed E-state index contributed by atoms with van der Waals surface area (Å²) in [6.45, 7) is 6.16. The second-order valence-corrected chi connectivity index (χ2v) is 7.04. The fourth-order valence-electron chi connectivity index (χ4n) is 1.87. The van der Waals surface area contributed by atoms with Crippen molar-refractivity contribution < 1.29 is 14.3 Å². The number of ether oxygens (including phenoxy) is 1. The summed E-state index contributed by atoms with van der Waals surface area (Å²) in [5, 5.41) is -0.234. The maximum absolute atomic E-state index is 12.1. The molecule has 2 amide bonds. The zero-order valence-electron chi connectivity index (χ0n) is 11.8. The lowest BCUT2D eigenvalue weighted by Crippen LogP contribution is -2.27. The van der Waals surface area contributed by atoms with Crippen molar-refractivity contribution >= 4 is 60.8 Å². The SMILES string of the molecule is C=CCOc1c(Br)cc(/C=C2/SC(=O)N(CC)C2=O)cc1Br. The molecule has 1 aliphatic rings. The molecule has 1 aromatic rings. The fraction of sp³-hybridized carbons (Fsp3) is 0.200. The normalized spacial score (nSPS) is 16.5. The number of likely N-dealkylation sites (N-methyl/N-ethyl adjacent to an activating group) is 1. The van der Waals surface area contributed by atoms with Crippen molar-refractivity contribution in [3.8, 4) is 5.75 Å². The minimum absolute atomic E-state index is 0.234. The van der Waals surface area contributed by atoms with Crippen LogP contribution in [0.4, 0.5) is 4.79 Å². The highest BCUT2D eigenvalue weighted by atomic mass is 79.9. The van der Waals surface area contributed by atoms with Gasteiger partial charge < -0.3 is 4.74 Å². The Kier molecular flexibility index (Phi) is 5.88. The molecule has 1 aliphatic heterocycles. The minimum Gasteiger partial charge on any atom is -0.487 e. The highest BCUT2D eigenvalue weighted by Gasteiger charge is 2.33. The summed E-state index contributed by atoms with van der Waals surface area (Å²) in [5.74, 6) is 0.412. The lowest BCUT2D eigenvalue weighted by molar-refractivity contribution is -0.122. The van der Waals surface area contributed by atoms with Crippen molar-refractivity contribution in [2.75, 3.05) is 13.2 Å². The molecule has 1 aromatic carbocycles. The van der Waals surface area contributed by atoms with Crippen LogP contribution in [0.5, 0.6) is 5.75 Å². The van der Waals surface area contributed by atoms with E-state index in [9.17, 15) is 9.59 Å². The van der Waals surface area contributed by atoms with E-state index in [1.165, 1.54) is 4.90 Å². The Hall–Kier alpha value is -1.05. The molecule has 0 N–H and O–H groups in total. The topological polar surface area (TPSA) is 46.6 Å². The summed E-state index contributed by atoms with van der Waals surface area (Å²) in [7, 11) is 0. The molecule has 0 unspecified atom stereocenters. The first kappa shape index (κ1) is 17.3. The van der Waals surface area contributed by atoms with Crippen LogP contribution in [0.1, 0.15) is 12.5 Å². The molecule has 116 valence electrons. The lowest BCUT2D eigenvalue weighted by Gasteiger charge is -2.10. The lowest BCUT2D eigenvalue weighted by atomic mass is 10.2. The number of imide groups is 1. The number of hydrogen-bond donors (Lipinski definition) is 0. The molecule has 1 heterocycles. The van der Waals surface area contributed by atoms with Gasteiger partial charge in [0.05, 0.1) is 13.9 Å². The minimum atomic E-state index is -0.253. The van der Waals surface area contributed by atoms with Crippen molar-refractivity contribution in [2.24, 2.45) is 0 Å². The Bertz CT molecular complexity index is 650. The van der Waals surface area contributed by atoms with E-state index in [0.29, 0.717) is 23.8 Å². The second kappa shape index (κ2) is 7.48. The average molecular weight is 447 g/mol. The standard InChI is InChI=1S/C15H13Br2NO3S/c1-3-5-21-13-10(16)6-9(7-11(13)17)8-12-14(19)18(4-2)15(20)22-12/h3,6-8H,1,4-5H2,2H3/b12-8+. The smallest absolute Gasteiger partial charge is 0.293 e. The third-order valence-corrected chi connectivity index (χ3v) is 4.94. The number of carbonyl (C=O) groups is 2. The second-order valence-electron chi connectivity index (χ2n) is 4.34. The van der Waals surface area contributed by atoms with E-state index < -0.39 is 0 Å². The summed E-state index contributed by atoms with van der Waals surface area (Å²) in [4.78, 5) is 25.4. The predicted octanol–water partition coefficient (Wildman–Crippen LogP) is 4.83. The summed E-state index contributed by atoms with van der Waals surface area (Å²) in [5.41, 5.74) is 0.798. The fourth-order valence-corrected chi connectivity index (χ4v) is 4.22. The molecule has 22 heavy (non-hydrogen) atoms. The van der Waals surface area contributed by atoms with Crippen LogP contribution in [0.3, 0.4) is 0 Å². The van der Waals surface area contributed by atoms with Crippen molar-refractivity contribution in [1.29, 1.82) is 0 Å². The first-order chi connectivity index (χ1) is 10.5. The van der Waals surface area contributed by atoms with Gasteiger partial charge in [0.15, 0.2) is 0 Å². The molecule has 0 bridgehead atoms. The van der Waals surface area contributed by atoms with Crippen molar-refractivity contribution in [3.63, 3.8) is 0 Å². The van der Waals surface area contributed by atoms with Gasteiger partial charge in [-0.25, -0.2) is 0 Å². The molecule has 1 fully saturated rings. The third kappa shape index (κ3) is 3.64. The van der Waals surface area contributed by atoms with Crippen LogP contribution in [0, 0.1) is 0 Å². The van der Waals surface area contributed by atoms with Crippen LogP contribution in [0.2, 0.25) is 0 Å². The van der Waals surface area contributed by atoms with Gasteiger partial charge >= 0.3 is 0 Å². The van der Waals surface area contributed by atoms with Gasteiger partial charge in [-0.1, -0.05) is 12.7 Å². The van der Waals surface area contributed by atoms with Gasteiger partial charge in [-0.2, -0.15) is 0 Å². The number of rotatable bonds is 5. The Balaban J connectivity index is 2.31. The number of benzene rings is 1. The maximum Gasteiger partial charge on any atom is 0.293 e. The van der Waals surface area contributed by atoms with Gasteiger partial charge in [0, 0.05) is 6.54 Å². The zero-order valence-corrected chi connectivity index (χ0v) is 15.8.